The summed E-state index contributed by atoms with van der Waals surface area (Å²) in [4.78, 5) is 9.88. The number of benzene rings is 1. The minimum atomic E-state index is -4.08. The molecule has 1 N–H and O–H groups in total. The van der Waals surface area contributed by atoms with Gasteiger partial charge in [0.2, 0.25) is 0 Å². The second-order valence-electron chi connectivity index (χ2n) is 3.72. The molecule has 6 nitrogen and oxygen atoms in total. The lowest BCUT2D eigenvalue weighted by atomic mass is 10.3. The normalized spacial score (nSPS) is 11.4. The number of anilines is 1. The van der Waals surface area contributed by atoms with Gasteiger partial charge in [0, 0.05) is 6.07 Å². The number of halogens is 3. The highest BCUT2D eigenvalue weighted by Crippen LogP contribution is 2.37. The van der Waals surface area contributed by atoms with Crippen LogP contribution in [0.5, 0.6) is 0 Å². The number of hydrogen-bond donors (Lipinski definition) is 1. The maximum atomic E-state index is 13.3. The van der Waals surface area contributed by atoms with E-state index in [0.717, 1.165) is 12.1 Å². The molecule has 0 unspecified atom stereocenters. The van der Waals surface area contributed by atoms with E-state index in [4.69, 9.17) is 11.6 Å². The summed E-state index contributed by atoms with van der Waals surface area (Å²) in [5.74, 6) is -0.648. The molecule has 0 atom stereocenters. The van der Waals surface area contributed by atoms with Crippen LogP contribution in [0.25, 0.3) is 0 Å². The first-order valence-electron chi connectivity index (χ1n) is 5.12. The van der Waals surface area contributed by atoms with Crippen LogP contribution in [0, 0.1) is 15.9 Å². The zero-order valence-corrected chi connectivity index (χ0v) is 13.8. The van der Waals surface area contributed by atoms with Gasteiger partial charge in [-0.3, -0.25) is 14.8 Å². The van der Waals surface area contributed by atoms with E-state index in [0.29, 0.717) is 11.3 Å². The monoisotopic (exact) mass is 414 g/mol. The molecule has 0 fully saturated rings. The summed E-state index contributed by atoms with van der Waals surface area (Å²) in [7, 11) is -4.08. The Morgan fingerprint density at radius 3 is 2.57 bits per heavy atom. The van der Waals surface area contributed by atoms with Gasteiger partial charge in [-0.05, 0) is 34.1 Å². The summed E-state index contributed by atoms with van der Waals surface area (Å²) in [6, 6.07) is 4.50. The van der Waals surface area contributed by atoms with Crippen LogP contribution >= 0.6 is 38.9 Å². The fourth-order valence-electron chi connectivity index (χ4n) is 1.36. The van der Waals surface area contributed by atoms with Crippen molar-refractivity contribution in [2.75, 3.05) is 4.72 Å². The van der Waals surface area contributed by atoms with E-state index >= 15 is 0 Å². The molecule has 1 heterocycles. The van der Waals surface area contributed by atoms with Crippen molar-refractivity contribution in [3.8, 4) is 0 Å². The quantitative estimate of drug-likeness (QED) is 0.603. The molecule has 0 aliphatic heterocycles. The van der Waals surface area contributed by atoms with Gasteiger partial charge in [0.15, 0.2) is 4.34 Å². The summed E-state index contributed by atoms with van der Waals surface area (Å²) >= 11 is 9.10. The smallest absolute Gasteiger partial charge is 0.279 e. The Morgan fingerprint density at radius 2 is 2.05 bits per heavy atom. The molecule has 21 heavy (non-hydrogen) atoms. The van der Waals surface area contributed by atoms with Crippen molar-refractivity contribution >= 4 is 60.3 Å². The fraction of sp³-hybridized carbons (Fsp3) is 0. The van der Waals surface area contributed by atoms with Crippen molar-refractivity contribution in [3.05, 3.63) is 49.0 Å². The second kappa shape index (κ2) is 5.87. The Kier molecular flexibility index (Phi) is 4.51. The number of nitro groups is 1. The Morgan fingerprint density at radius 1 is 1.38 bits per heavy atom. The SMILES string of the molecule is O=[N+]([O-])c1cc(S(=O)(=O)Nc2ccc(Br)c(F)c2)sc1Cl. The molecule has 0 aliphatic rings. The first-order valence-corrected chi connectivity index (χ1v) is 8.59. The number of thiophene rings is 1. The van der Waals surface area contributed by atoms with Gasteiger partial charge in [0.1, 0.15) is 10.0 Å². The predicted molar refractivity (Wildman–Crippen MR) is 80.9 cm³/mol. The predicted octanol–water partition coefficient (Wildman–Crippen LogP) is 4.01. The van der Waals surface area contributed by atoms with Gasteiger partial charge in [-0.15, -0.1) is 11.3 Å². The molecule has 0 aliphatic carbocycles. The topological polar surface area (TPSA) is 89.3 Å². The van der Waals surface area contributed by atoms with Crippen LogP contribution in [0.1, 0.15) is 0 Å². The van der Waals surface area contributed by atoms with Crippen LogP contribution in [0.3, 0.4) is 0 Å². The van der Waals surface area contributed by atoms with E-state index in [1.54, 1.807) is 0 Å². The van der Waals surface area contributed by atoms with Crippen molar-refractivity contribution in [3.63, 3.8) is 0 Å². The van der Waals surface area contributed by atoms with E-state index < -0.39 is 26.5 Å². The van der Waals surface area contributed by atoms with Gasteiger partial charge in [-0.25, -0.2) is 12.8 Å². The van der Waals surface area contributed by atoms with Crippen LogP contribution in [-0.4, -0.2) is 13.3 Å². The third-order valence-corrected chi connectivity index (χ3v) is 6.12. The average Bonchev–Trinajstić information content (AvgIpc) is 2.77. The van der Waals surface area contributed by atoms with Gasteiger partial charge in [0.25, 0.3) is 15.7 Å². The van der Waals surface area contributed by atoms with Gasteiger partial charge in [-0.1, -0.05) is 11.6 Å². The van der Waals surface area contributed by atoms with Crippen molar-refractivity contribution < 1.29 is 17.7 Å². The van der Waals surface area contributed by atoms with Gasteiger partial charge >= 0.3 is 0 Å². The van der Waals surface area contributed by atoms with Gasteiger partial charge < -0.3 is 0 Å². The van der Waals surface area contributed by atoms with Gasteiger partial charge in [0.05, 0.1) is 15.1 Å². The highest BCUT2D eigenvalue weighted by molar-refractivity contribution is 9.10. The standard InChI is InChI=1S/C10H5BrClFN2O4S2/c11-6-2-1-5(3-7(6)13)14-21(18,19)9-4-8(15(16)17)10(12)20-9/h1-4,14H. The third kappa shape index (κ3) is 3.51. The van der Waals surface area contributed by atoms with Crippen LogP contribution in [-0.2, 0) is 10.0 Å². The number of nitrogens with zero attached hydrogens (tertiary/aromatic N) is 1. The molecule has 0 saturated heterocycles. The van der Waals surface area contributed by atoms with E-state index in [1.807, 2.05) is 0 Å². The van der Waals surface area contributed by atoms with Crippen molar-refractivity contribution in [2.45, 2.75) is 4.21 Å². The summed E-state index contributed by atoms with van der Waals surface area (Å²) in [6.45, 7) is 0. The molecule has 0 radical (unpaired) electrons. The average molecular weight is 416 g/mol. The van der Waals surface area contributed by atoms with Crippen molar-refractivity contribution in [1.29, 1.82) is 0 Å². The first-order chi connectivity index (χ1) is 9.70. The largest absolute Gasteiger partial charge is 0.300 e. The van der Waals surface area contributed by atoms with Crippen LogP contribution in [0.4, 0.5) is 15.8 Å². The molecule has 2 aromatic rings. The summed E-state index contributed by atoms with van der Waals surface area (Å²) in [5.41, 5.74) is -0.507. The number of hydrogen-bond acceptors (Lipinski definition) is 5. The maximum Gasteiger partial charge on any atom is 0.300 e. The summed E-state index contributed by atoms with van der Waals surface area (Å²) in [5, 5.41) is 10.7. The lowest BCUT2D eigenvalue weighted by Crippen LogP contribution is -2.11. The zero-order chi connectivity index (χ0) is 15.8. The van der Waals surface area contributed by atoms with Crippen LogP contribution < -0.4 is 4.72 Å². The summed E-state index contributed by atoms with van der Waals surface area (Å²) < 4.78 is 39.2. The highest BCUT2D eigenvalue weighted by atomic mass is 79.9. The Bertz CT molecular complexity index is 824. The highest BCUT2D eigenvalue weighted by Gasteiger charge is 2.25. The lowest BCUT2D eigenvalue weighted by Gasteiger charge is -2.06. The van der Waals surface area contributed by atoms with E-state index in [1.165, 1.54) is 12.1 Å². The Balaban J connectivity index is 2.36. The molecule has 1 aromatic heterocycles. The lowest BCUT2D eigenvalue weighted by molar-refractivity contribution is -0.384. The maximum absolute atomic E-state index is 13.3. The molecule has 2 rings (SSSR count). The Labute approximate surface area is 135 Å². The van der Waals surface area contributed by atoms with Crippen molar-refractivity contribution in [2.24, 2.45) is 0 Å². The van der Waals surface area contributed by atoms with E-state index in [2.05, 4.69) is 20.7 Å². The van der Waals surface area contributed by atoms with Gasteiger partial charge in [-0.2, -0.15) is 0 Å². The van der Waals surface area contributed by atoms with Crippen LogP contribution in [0.15, 0.2) is 32.9 Å². The number of rotatable bonds is 4. The molecule has 11 heteroatoms. The molecular weight excluding hydrogens is 411 g/mol. The molecule has 0 saturated carbocycles. The molecule has 0 amide bonds. The number of nitrogens with one attached hydrogen (secondary N) is 1. The van der Waals surface area contributed by atoms with Crippen LogP contribution in [0.2, 0.25) is 4.34 Å². The minimum Gasteiger partial charge on any atom is -0.279 e. The summed E-state index contributed by atoms with van der Waals surface area (Å²) in [6.07, 6.45) is 0. The van der Waals surface area contributed by atoms with E-state index in [-0.39, 0.29) is 18.7 Å². The second-order valence-corrected chi connectivity index (χ2v) is 8.13. The molecule has 0 spiro atoms. The molecule has 0 bridgehead atoms. The molecule has 112 valence electrons. The first kappa shape index (κ1) is 16.1. The Hall–Kier alpha value is -1.23. The van der Waals surface area contributed by atoms with Crippen molar-refractivity contribution in [1.82, 2.24) is 0 Å². The fourth-order valence-corrected chi connectivity index (χ4v) is 4.32. The van der Waals surface area contributed by atoms with E-state index in [9.17, 15) is 22.9 Å². The molecular formula is C10H5BrClFN2O4S2. The minimum absolute atomic E-state index is 0.0112. The molecule has 1 aromatic carbocycles. The number of sulfonamides is 1. The zero-order valence-electron chi connectivity index (χ0n) is 9.84. The third-order valence-electron chi connectivity index (χ3n) is 2.28.